The molecule has 2 saturated heterocycles. The summed E-state index contributed by atoms with van der Waals surface area (Å²) in [7, 11) is 0. The van der Waals surface area contributed by atoms with Crippen LogP contribution in [0, 0.1) is 0 Å². The number of benzene rings is 1. The summed E-state index contributed by atoms with van der Waals surface area (Å²) in [5.41, 5.74) is 0.385. The van der Waals surface area contributed by atoms with E-state index in [0.29, 0.717) is 0 Å². The normalized spacial score (nSPS) is 37.9. The molecule has 20 heavy (non-hydrogen) atoms. The van der Waals surface area contributed by atoms with Gasteiger partial charge in [0, 0.05) is 17.7 Å². The van der Waals surface area contributed by atoms with Gasteiger partial charge in [0.15, 0.2) is 0 Å². The van der Waals surface area contributed by atoms with Crippen LogP contribution in [0.2, 0.25) is 0 Å². The van der Waals surface area contributed by atoms with Crippen molar-refractivity contribution in [2.24, 2.45) is 0 Å². The predicted molar refractivity (Wildman–Crippen MR) is 70.6 cm³/mol. The molecule has 0 bridgehead atoms. The number of fused-ring (bicyclic) bond motifs is 5. The van der Waals surface area contributed by atoms with Gasteiger partial charge in [0.2, 0.25) is 11.8 Å². The number of rotatable bonds is 0. The fourth-order valence-electron chi connectivity index (χ4n) is 3.59. The standard InChI is InChI=1S/C14H15N3O3/c1-7-12(19)17-10(11(18)15-7)6-14(20)8-4-2-3-5-9(8)16-13(14)17/h2-5,7,10,13,16,20H,6H2,1H3,(H,15,18)/t7-,10-,13-,14+/m0/s1. The summed E-state index contributed by atoms with van der Waals surface area (Å²) in [6.07, 6.45) is -0.336. The Morgan fingerprint density at radius 3 is 2.85 bits per heavy atom. The van der Waals surface area contributed by atoms with Gasteiger partial charge < -0.3 is 20.6 Å². The van der Waals surface area contributed by atoms with E-state index in [9.17, 15) is 14.7 Å². The van der Waals surface area contributed by atoms with E-state index in [1.807, 2.05) is 24.3 Å². The third kappa shape index (κ3) is 1.22. The fourth-order valence-corrected chi connectivity index (χ4v) is 3.59. The quantitative estimate of drug-likeness (QED) is 0.608. The molecule has 0 aliphatic carbocycles. The van der Waals surface area contributed by atoms with Gasteiger partial charge in [0.1, 0.15) is 23.9 Å². The van der Waals surface area contributed by atoms with Crippen LogP contribution in [-0.4, -0.2) is 40.1 Å². The van der Waals surface area contributed by atoms with Gasteiger partial charge in [0.05, 0.1) is 0 Å². The number of para-hydroxylation sites is 1. The molecule has 4 atom stereocenters. The van der Waals surface area contributed by atoms with Gasteiger partial charge in [0.25, 0.3) is 0 Å². The first-order valence-electron chi connectivity index (χ1n) is 6.73. The molecule has 0 saturated carbocycles. The number of piperazine rings is 1. The highest BCUT2D eigenvalue weighted by atomic mass is 16.3. The first-order valence-corrected chi connectivity index (χ1v) is 6.73. The Morgan fingerprint density at radius 1 is 1.30 bits per heavy atom. The molecule has 1 aromatic carbocycles. The average Bonchev–Trinajstić information content (AvgIpc) is 2.86. The van der Waals surface area contributed by atoms with Crippen molar-refractivity contribution in [1.29, 1.82) is 0 Å². The van der Waals surface area contributed by atoms with E-state index in [4.69, 9.17) is 0 Å². The zero-order valence-corrected chi connectivity index (χ0v) is 11.0. The molecule has 0 unspecified atom stereocenters. The topological polar surface area (TPSA) is 81.7 Å². The van der Waals surface area contributed by atoms with Gasteiger partial charge in [-0.1, -0.05) is 18.2 Å². The van der Waals surface area contributed by atoms with E-state index in [1.165, 1.54) is 4.90 Å². The lowest BCUT2D eigenvalue weighted by Crippen LogP contribution is -2.63. The Morgan fingerprint density at radius 2 is 2.05 bits per heavy atom. The van der Waals surface area contributed by atoms with Gasteiger partial charge >= 0.3 is 0 Å². The summed E-state index contributed by atoms with van der Waals surface area (Å²) in [6, 6.07) is 6.29. The number of carbonyl (C=O) groups excluding carboxylic acids is 2. The lowest BCUT2D eigenvalue weighted by molar-refractivity contribution is -0.148. The molecule has 0 spiro atoms. The molecular weight excluding hydrogens is 258 g/mol. The maximum absolute atomic E-state index is 12.3. The van der Waals surface area contributed by atoms with E-state index in [1.54, 1.807) is 6.92 Å². The average molecular weight is 273 g/mol. The number of anilines is 1. The van der Waals surface area contributed by atoms with Crippen molar-refractivity contribution in [3.8, 4) is 0 Å². The maximum atomic E-state index is 12.3. The highest BCUT2D eigenvalue weighted by Gasteiger charge is 2.62. The number of nitrogens with one attached hydrogen (secondary N) is 2. The van der Waals surface area contributed by atoms with Gasteiger partial charge in [-0.3, -0.25) is 9.59 Å². The largest absolute Gasteiger partial charge is 0.381 e. The first-order chi connectivity index (χ1) is 9.52. The molecule has 3 aliphatic rings. The smallest absolute Gasteiger partial charge is 0.247 e. The van der Waals surface area contributed by atoms with Crippen molar-refractivity contribution in [3.05, 3.63) is 29.8 Å². The minimum Gasteiger partial charge on any atom is -0.381 e. The molecular formula is C14H15N3O3. The molecule has 6 nitrogen and oxygen atoms in total. The van der Waals surface area contributed by atoms with Crippen molar-refractivity contribution in [2.75, 3.05) is 5.32 Å². The van der Waals surface area contributed by atoms with Crippen LogP contribution in [0.25, 0.3) is 0 Å². The lowest BCUT2D eigenvalue weighted by atomic mass is 9.91. The second kappa shape index (κ2) is 3.52. The van der Waals surface area contributed by atoms with Crippen molar-refractivity contribution in [3.63, 3.8) is 0 Å². The van der Waals surface area contributed by atoms with Crippen LogP contribution < -0.4 is 10.6 Å². The highest BCUT2D eigenvalue weighted by Crippen LogP contribution is 2.49. The summed E-state index contributed by atoms with van der Waals surface area (Å²) >= 11 is 0. The minimum absolute atomic E-state index is 0.157. The SMILES string of the molecule is C[C@@H]1NC(=O)[C@@H]2C[C@@]3(O)c4ccccc4N[C@H]3N2C1=O. The van der Waals surface area contributed by atoms with Gasteiger partial charge in [-0.25, -0.2) is 0 Å². The van der Waals surface area contributed by atoms with Crippen LogP contribution in [0.1, 0.15) is 18.9 Å². The Labute approximate surface area is 115 Å². The first kappa shape index (κ1) is 11.7. The van der Waals surface area contributed by atoms with Gasteiger partial charge in [-0.2, -0.15) is 0 Å². The summed E-state index contributed by atoms with van der Waals surface area (Å²) in [6.45, 7) is 1.66. The number of hydrogen-bond donors (Lipinski definition) is 3. The monoisotopic (exact) mass is 273 g/mol. The minimum atomic E-state index is -1.20. The van der Waals surface area contributed by atoms with Gasteiger partial charge in [-0.15, -0.1) is 0 Å². The van der Waals surface area contributed by atoms with Crippen molar-refractivity contribution in [2.45, 2.75) is 37.2 Å². The van der Waals surface area contributed by atoms with E-state index in [0.717, 1.165) is 11.3 Å². The molecule has 2 amide bonds. The Balaban J connectivity index is 1.82. The Kier molecular flexibility index (Phi) is 2.06. The molecule has 104 valence electrons. The lowest BCUT2D eigenvalue weighted by Gasteiger charge is -2.36. The van der Waals surface area contributed by atoms with E-state index in [2.05, 4.69) is 10.6 Å². The van der Waals surface area contributed by atoms with Crippen molar-refractivity contribution >= 4 is 17.5 Å². The molecule has 0 radical (unpaired) electrons. The van der Waals surface area contributed by atoms with Crippen LogP contribution in [-0.2, 0) is 15.2 Å². The highest BCUT2D eigenvalue weighted by molar-refractivity contribution is 5.98. The van der Waals surface area contributed by atoms with Crippen LogP contribution >= 0.6 is 0 Å². The molecule has 1 aromatic rings. The molecule has 0 aromatic heterocycles. The van der Waals surface area contributed by atoms with Crippen LogP contribution in [0.4, 0.5) is 5.69 Å². The van der Waals surface area contributed by atoms with E-state index in [-0.39, 0.29) is 18.2 Å². The van der Waals surface area contributed by atoms with Crippen molar-refractivity contribution in [1.82, 2.24) is 10.2 Å². The van der Waals surface area contributed by atoms with Gasteiger partial charge in [-0.05, 0) is 13.0 Å². The van der Waals surface area contributed by atoms with Crippen LogP contribution in [0.5, 0.6) is 0 Å². The van der Waals surface area contributed by atoms with Crippen LogP contribution in [0.3, 0.4) is 0 Å². The molecule has 6 heteroatoms. The number of nitrogens with zero attached hydrogens (tertiary/aromatic N) is 1. The number of hydrogen-bond acceptors (Lipinski definition) is 4. The molecule has 3 heterocycles. The number of aliphatic hydroxyl groups is 1. The molecule has 2 fully saturated rings. The molecule has 4 rings (SSSR count). The maximum Gasteiger partial charge on any atom is 0.247 e. The summed E-state index contributed by atoms with van der Waals surface area (Å²) in [4.78, 5) is 25.9. The molecule has 3 aliphatic heterocycles. The second-order valence-corrected chi connectivity index (χ2v) is 5.71. The summed E-state index contributed by atoms with van der Waals surface area (Å²) in [5.74, 6) is -0.352. The third-order valence-electron chi connectivity index (χ3n) is 4.54. The van der Waals surface area contributed by atoms with E-state index >= 15 is 0 Å². The Hall–Kier alpha value is -2.08. The number of amides is 2. The van der Waals surface area contributed by atoms with Crippen LogP contribution in [0.15, 0.2) is 24.3 Å². The summed E-state index contributed by atoms with van der Waals surface area (Å²) < 4.78 is 0. The van der Waals surface area contributed by atoms with Crippen molar-refractivity contribution < 1.29 is 14.7 Å². The summed E-state index contributed by atoms with van der Waals surface area (Å²) in [5, 5.41) is 16.8. The zero-order valence-electron chi connectivity index (χ0n) is 11.0. The second-order valence-electron chi connectivity index (χ2n) is 5.71. The van der Waals surface area contributed by atoms with E-state index < -0.39 is 23.9 Å². The fraction of sp³-hybridized carbons (Fsp3) is 0.429. The number of carbonyl (C=O) groups is 2. The Bertz CT molecular complexity index is 632. The predicted octanol–water partition coefficient (Wildman–Crippen LogP) is -0.255. The molecule has 3 N–H and O–H groups in total. The third-order valence-corrected chi connectivity index (χ3v) is 4.54. The zero-order chi connectivity index (χ0) is 14.1.